The highest BCUT2D eigenvalue weighted by atomic mass is 16.5. The number of aromatic nitrogens is 1. The van der Waals surface area contributed by atoms with E-state index in [1.165, 1.54) is 0 Å². The second-order valence-electron chi connectivity index (χ2n) is 5.20. The summed E-state index contributed by atoms with van der Waals surface area (Å²) in [5.41, 5.74) is 6.05. The van der Waals surface area contributed by atoms with Gasteiger partial charge in [-0.3, -0.25) is 10.7 Å². The fraction of sp³-hybridized carbons (Fsp3) is 0.222. The van der Waals surface area contributed by atoms with Gasteiger partial charge in [0.25, 0.3) is 0 Å². The molecule has 0 amide bonds. The number of fused-ring (bicyclic) bond motifs is 1. The molecule has 0 unspecified atom stereocenters. The van der Waals surface area contributed by atoms with E-state index in [0.29, 0.717) is 0 Å². The molecule has 3 rings (SSSR count). The summed E-state index contributed by atoms with van der Waals surface area (Å²) in [6.07, 6.45) is 0.770. The van der Waals surface area contributed by atoms with Gasteiger partial charge >= 0.3 is 0 Å². The molecule has 0 aliphatic rings. The Balaban J connectivity index is 2.31. The van der Waals surface area contributed by atoms with Crippen molar-refractivity contribution < 1.29 is 14.7 Å². The second-order valence-corrected chi connectivity index (χ2v) is 5.20. The zero-order valence-electron chi connectivity index (χ0n) is 13.5. The molecule has 0 bridgehead atoms. The Hall–Kier alpha value is -2.66. The minimum Gasteiger partial charge on any atom is -0.497 e. The van der Waals surface area contributed by atoms with Crippen molar-refractivity contribution >= 4 is 16.6 Å². The molecule has 0 aliphatic heterocycles. The van der Waals surface area contributed by atoms with Crippen LogP contribution in [-0.4, -0.2) is 24.0 Å². The summed E-state index contributed by atoms with van der Waals surface area (Å²) < 4.78 is 12.7. The van der Waals surface area contributed by atoms with Crippen LogP contribution >= 0.6 is 0 Å². The first-order chi connectivity index (χ1) is 11.2. The number of methoxy groups -OCH3 is 2. The third-order valence-electron chi connectivity index (χ3n) is 4.05. The van der Waals surface area contributed by atoms with Gasteiger partial charge in [-0.15, -0.1) is 0 Å². The summed E-state index contributed by atoms with van der Waals surface area (Å²) in [5.74, 6) is 1.58. The van der Waals surface area contributed by atoms with Gasteiger partial charge < -0.3 is 14.0 Å². The molecule has 0 spiro atoms. The van der Waals surface area contributed by atoms with Gasteiger partial charge in [0.05, 0.1) is 25.4 Å². The third kappa shape index (κ3) is 2.49. The van der Waals surface area contributed by atoms with E-state index in [0.717, 1.165) is 45.9 Å². The first-order valence-electron chi connectivity index (χ1n) is 7.49. The van der Waals surface area contributed by atoms with Crippen LogP contribution in [0.15, 0.2) is 42.5 Å². The van der Waals surface area contributed by atoms with Crippen LogP contribution in [0.25, 0.3) is 16.6 Å². The van der Waals surface area contributed by atoms with Crippen LogP contribution in [0, 0.1) is 0 Å². The maximum atomic E-state index is 9.60. The van der Waals surface area contributed by atoms with E-state index >= 15 is 0 Å². The highest BCUT2D eigenvalue weighted by molar-refractivity contribution is 5.97. The van der Waals surface area contributed by atoms with Crippen LogP contribution in [0.5, 0.6) is 11.5 Å². The number of ether oxygens (including phenoxy) is 2. The lowest BCUT2D eigenvalue weighted by Gasteiger charge is -2.11. The maximum absolute atomic E-state index is 9.60. The molecular weight excluding hydrogens is 292 g/mol. The van der Waals surface area contributed by atoms with Crippen LogP contribution in [-0.2, 0) is 6.42 Å². The zero-order valence-corrected chi connectivity index (χ0v) is 13.5. The molecule has 0 saturated carbocycles. The first kappa shape index (κ1) is 15.2. The highest BCUT2D eigenvalue weighted by Gasteiger charge is 2.17. The molecule has 2 aromatic carbocycles. The minimum absolute atomic E-state index is 0.723. The van der Waals surface area contributed by atoms with Crippen molar-refractivity contribution in [3.8, 4) is 17.2 Å². The molecule has 5 heteroatoms. The molecule has 3 aromatic rings. The number of hydrogen-bond donors (Lipinski definition) is 2. The van der Waals surface area contributed by atoms with Crippen molar-refractivity contribution in [1.29, 1.82) is 0 Å². The van der Waals surface area contributed by atoms with Crippen molar-refractivity contribution in [2.24, 2.45) is 0 Å². The summed E-state index contributed by atoms with van der Waals surface area (Å²) >= 11 is 0. The standard InChI is InChI=1S/C18H20N2O3/c1-4-16-18(19-21)15-10-9-14(23-3)11-17(15)20(16)12-5-7-13(22-2)8-6-12/h5-11,19,21H,4H2,1-3H3. The number of nitrogens with zero attached hydrogens (tertiary/aromatic N) is 1. The van der Waals surface area contributed by atoms with Crippen LogP contribution in [0.1, 0.15) is 12.6 Å². The van der Waals surface area contributed by atoms with E-state index in [-0.39, 0.29) is 0 Å². The minimum atomic E-state index is 0.723. The molecule has 1 heterocycles. The highest BCUT2D eigenvalue weighted by Crippen LogP contribution is 2.36. The van der Waals surface area contributed by atoms with Gasteiger partial charge in [-0.1, -0.05) is 6.92 Å². The van der Waals surface area contributed by atoms with Gasteiger partial charge in [-0.2, -0.15) is 0 Å². The summed E-state index contributed by atoms with van der Waals surface area (Å²) in [5, 5.41) is 10.5. The van der Waals surface area contributed by atoms with Crippen molar-refractivity contribution in [3.63, 3.8) is 0 Å². The molecule has 0 saturated heterocycles. The number of rotatable bonds is 5. The monoisotopic (exact) mass is 312 g/mol. The van der Waals surface area contributed by atoms with Crippen LogP contribution in [0.2, 0.25) is 0 Å². The summed E-state index contributed by atoms with van der Waals surface area (Å²) in [6.45, 7) is 2.06. The van der Waals surface area contributed by atoms with Crippen molar-refractivity contribution in [2.75, 3.05) is 19.7 Å². The SMILES string of the molecule is CCc1c(NO)c2ccc(OC)cc2n1-c1ccc(OC)cc1. The molecule has 0 radical (unpaired) electrons. The Morgan fingerprint density at radius 2 is 1.65 bits per heavy atom. The summed E-state index contributed by atoms with van der Waals surface area (Å²) in [6, 6.07) is 13.7. The third-order valence-corrected chi connectivity index (χ3v) is 4.05. The zero-order chi connectivity index (χ0) is 16.4. The first-order valence-corrected chi connectivity index (χ1v) is 7.49. The molecule has 1 aromatic heterocycles. The van der Waals surface area contributed by atoms with E-state index in [1.807, 2.05) is 42.5 Å². The van der Waals surface area contributed by atoms with E-state index in [4.69, 9.17) is 9.47 Å². The molecule has 23 heavy (non-hydrogen) atoms. The molecule has 0 fully saturated rings. The van der Waals surface area contributed by atoms with E-state index < -0.39 is 0 Å². The lowest BCUT2D eigenvalue weighted by molar-refractivity contribution is 0.389. The van der Waals surface area contributed by atoms with Crippen molar-refractivity contribution in [3.05, 3.63) is 48.2 Å². The predicted octanol–water partition coefficient (Wildman–Crippen LogP) is 4.01. The van der Waals surface area contributed by atoms with Crippen LogP contribution in [0.4, 0.5) is 5.69 Å². The molecule has 2 N–H and O–H groups in total. The molecule has 0 aliphatic carbocycles. The average Bonchev–Trinajstić information content (AvgIpc) is 2.94. The molecule has 5 nitrogen and oxygen atoms in total. The normalized spacial score (nSPS) is 10.8. The van der Waals surface area contributed by atoms with E-state index in [1.54, 1.807) is 14.2 Å². The van der Waals surface area contributed by atoms with Gasteiger partial charge in [-0.25, -0.2) is 0 Å². The fourth-order valence-corrected chi connectivity index (χ4v) is 2.93. The Morgan fingerprint density at radius 3 is 2.22 bits per heavy atom. The molecular formula is C18H20N2O3. The Kier molecular flexibility index (Phi) is 4.12. The largest absolute Gasteiger partial charge is 0.497 e. The quantitative estimate of drug-likeness (QED) is 0.699. The molecule has 120 valence electrons. The van der Waals surface area contributed by atoms with Crippen LogP contribution < -0.4 is 15.0 Å². The van der Waals surface area contributed by atoms with Gasteiger partial charge in [-0.05, 0) is 42.8 Å². The smallest absolute Gasteiger partial charge is 0.120 e. The maximum Gasteiger partial charge on any atom is 0.120 e. The number of anilines is 1. The number of benzene rings is 2. The number of hydrogen-bond acceptors (Lipinski definition) is 4. The summed E-state index contributed by atoms with van der Waals surface area (Å²) in [7, 11) is 3.30. The predicted molar refractivity (Wildman–Crippen MR) is 91.2 cm³/mol. The topological polar surface area (TPSA) is 55.6 Å². The van der Waals surface area contributed by atoms with Gasteiger partial charge in [0.1, 0.15) is 11.5 Å². The van der Waals surface area contributed by atoms with Gasteiger partial charge in [0.2, 0.25) is 0 Å². The lowest BCUT2D eigenvalue weighted by atomic mass is 10.2. The summed E-state index contributed by atoms with van der Waals surface area (Å²) in [4.78, 5) is 0. The van der Waals surface area contributed by atoms with Crippen molar-refractivity contribution in [1.82, 2.24) is 4.57 Å². The average molecular weight is 312 g/mol. The van der Waals surface area contributed by atoms with E-state index in [9.17, 15) is 5.21 Å². The second kappa shape index (κ2) is 6.22. The van der Waals surface area contributed by atoms with Gasteiger partial charge in [0, 0.05) is 22.8 Å². The molecule has 0 atom stereocenters. The lowest BCUT2D eigenvalue weighted by Crippen LogP contribution is -2.01. The number of nitrogens with one attached hydrogen (secondary N) is 1. The van der Waals surface area contributed by atoms with Gasteiger partial charge in [0.15, 0.2) is 0 Å². The Labute approximate surface area is 135 Å². The Morgan fingerprint density at radius 1 is 1.00 bits per heavy atom. The van der Waals surface area contributed by atoms with Crippen molar-refractivity contribution in [2.45, 2.75) is 13.3 Å². The van der Waals surface area contributed by atoms with E-state index in [2.05, 4.69) is 17.0 Å². The van der Waals surface area contributed by atoms with Crippen LogP contribution in [0.3, 0.4) is 0 Å². The Bertz CT molecular complexity index is 822. The fourth-order valence-electron chi connectivity index (χ4n) is 2.93.